The zero-order chi connectivity index (χ0) is 27.9. The molecule has 0 heterocycles. The van der Waals surface area contributed by atoms with E-state index in [1.165, 1.54) is 5.57 Å². The number of aliphatic hydroxyl groups is 2. The minimum absolute atomic E-state index is 0.0125. The second-order valence-electron chi connectivity index (χ2n) is 15.4. The van der Waals surface area contributed by atoms with Crippen molar-refractivity contribution in [1.29, 1.82) is 0 Å². The van der Waals surface area contributed by atoms with Gasteiger partial charge in [0.25, 0.3) is 0 Å². The molecular formula is C33H54O4. The van der Waals surface area contributed by atoms with Crippen molar-refractivity contribution in [3.63, 3.8) is 0 Å². The van der Waals surface area contributed by atoms with Crippen LogP contribution in [0.15, 0.2) is 23.8 Å². The maximum Gasteiger partial charge on any atom is 0.306 e. The molecule has 4 rings (SSSR count). The summed E-state index contributed by atoms with van der Waals surface area (Å²) in [6.45, 7) is 24.8. The molecule has 37 heavy (non-hydrogen) atoms. The Bertz CT molecular complexity index is 979. The molecule has 3 saturated carbocycles. The highest BCUT2D eigenvalue weighted by molar-refractivity contribution is 5.71. The van der Waals surface area contributed by atoms with Gasteiger partial charge in [-0.2, -0.15) is 0 Å². The lowest BCUT2D eigenvalue weighted by atomic mass is 9.34. The van der Waals surface area contributed by atoms with Gasteiger partial charge in [0.05, 0.1) is 18.1 Å². The summed E-state index contributed by atoms with van der Waals surface area (Å²) < 4.78 is 0. The number of carboxylic acid groups (broad SMARTS) is 1. The fourth-order valence-corrected chi connectivity index (χ4v) is 10.5. The molecule has 0 amide bonds. The smallest absolute Gasteiger partial charge is 0.306 e. The number of aliphatic hydroxyl groups excluding tert-OH is 2. The molecule has 0 spiro atoms. The molecule has 3 fully saturated rings. The lowest BCUT2D eigenvalue weighted by Gasteiger charge is -2.70. The summed E-state index contributed by atoms with van der Waals surface area (Å²) in [6, 6.07) is 0. The van der Waals surface area contributed by atoms with Crippen LogP contribution in [0.5, 0.6) is 0 Å². The van der Waals surface area contributed by atoms with Gasteiger partial charge in [0, 0.05) is 5.92 Å². The number of carbonyl (C=O) groups is 1. The standard InChI is InChI=1S/C33H54O4/c1-19(2)20(3)11-12-22(28(36)37)27-23(34)18-32(9)31(27,8)16-13-24-30(7)15-14-26(35)29(5,6)25(30)17-21(4)33(24,32)10/h13,19,21-23,25-27,34-35H,3,11-12,14-18H2,1-2,4-10H3,(H,36,37)/t21-,22-,23-,25+,26?,27+,30-,31-,32-,33+/m1/s1. The number of rotatable bonds is 6. The maximum atomic E-state index is 12.7. The number of allylic oxidation sites excluding steroid dienone is 3. The van der Waals surface area contributed by atoms with Crippen LogP contribution in [0.2, 0.25) is 0 Å². The SMILES string of the molecule is C=C(CC[C@@H](C(=O)O)[C@H]1[C@H](O)C[C@]2(C)[C@]1(C)CC=C1[C@@]3(C)CCC(O)C(C)(C)[C@@H]3C[C@@H](C)[C@@]12C)C(C)C. The predicted octanol–water partition coefficient (Wildman–Crippen LogP) is 7.25. The summed E-state index contributed by atoms with van der Waals surface area (Å²) in [5.74, 6) is -0.535. The van der Waals surface area contributed by atoms with Crippen molar-refractivity contribution < 1.29 is 20.1 Å². The van der Waals surface area contributed by atoms with Crippen molar-refractivity contribution in [3.05, 3.63) is 23.8 Å². The first-order valence-corrected chi connectivity index (χ1v) is 14.9. The molecule has 0 radical (unpaired) electrons. The summed E-state index contributed by atoms with van der Waals surface area (Å²) in [4.78, 5) is 12.7. The Kier molecular flexibility index (Phi) is 6.98. The molecular weight excluding hydrogens is 460 g/mol. The van der Waals surface area contributed by atoms with Crippen LogP contribution in [-0.2, 0) is 4.79 Å². The number of carboxylic acids is 1. The Morgan fingerprint density at radius 1 is 1.14 bits per heavy atom. The van der Waals surface area contributed by atoms with E-state index in [9.17, 15) is 20.1 Å². The molecule has 0 bridgehead atoms. The molecule has 10 atom stereocenters. The van der Waals surface area contributed by atoms with Crippen LogP contribution in [-0.4, -0.2) is 33.5 Å². The van der Waals surface area contributed by atoms with Crippen molar-refractivity contribution in [2.45, 2.75) is 119 Å². The highest BCUT2D eigenvalue weighted by Gasteiger charge is 2.73. The third-order valence-corrected chi connectivity index (χ3v) is 13.5. The first-order valence-electron chi connectivity index (χ1n) is 14.9. The molecule has 0 aromatic carbocycles. The Hall–Kier alpha value is -1.13. The van der Waals surface area contributed by atoms with E-state index in [2.05, 4.69) is 75.0 Å². The number of hydrogen-bond donors (Lipinski definition) is 3. The third-order valence-electron chi connectivity index (χ3n) is 13.5. The average Bonchev–Trinajstić information content (AvgIpc) is 3.00. The lowest BCUT2D eigenvalue weighted by molar-refractivity contribution is -0.168. The van der Waals surface area contributed by atoms with Crippen LogP contribution in [0.4, 0.5) is 0 Å². The third kappa shape index (κ3) is 3.70. The van der Waals surface area contributed by atoms with E-state index >= 15 is 0 Å². The second kappa shape index (κ2) is 8.95. The van der Waals surface area contributed by atoms with Gasteiger partial charge in [0.2, 0.25) is 0 Å². The zero-order valence-electron chi connectivity index (χ0n) is 25.0. The molecule has 4 heteroatoms. The van der Waals surface area contributed by atoms with Crippen LogP contribution in [0, 0.1) is 56.7 Å². The van der Waals surface area contributed by atoms with Crippen LogP contribution in [0.3, 0.4) is 0 Å². The average molecular weight is 515 g/mol. The molecule has 0 aromatic heterocycles. The van der Waals surface area contributed by atoms with Gasteiger partial charge in [-0.05, 0) is 89.8 Å². The first-order chi connectivity index (χ1) is 16.9. The zero-order valence-corrected chi connectivity index (χ0v) is 25.0. The Labute approximate surface area is 226 Å². The van der Waals surface area contributed by atoms with Gasteiger partial charge in [0.1, 0.15) is 0 Å². The fraction of sp³-hybridized carbons (Fsp3) is 0.848. The number of aliphatic carboxylic acids is 1. The van der Waals surface area contributed by atoms with Gasteiger partial charge in [-0.1, -0.05) is 86.1 Å². The summed E-state index contributed by atoms with van der Waals surface area (Å²) in [7, 11) is 0. The topological polar surface area (TPSA) is 77.8 Å². The normalized spacial score (nSPS) is 47.5. The molecule has 4 aliphatic carbocycles. The fourth-order valence-electron chi connectivity index (χ4n) is 10.5. The first kappa shape index (κ1) is 28.9. The van der Waals surface area contributed by atoms with E-state index in [4.69, 9.17) is 0 Å². The molecule has 0 aliphatic heterocycles. The van der Waals surface area contributed by atoms with Gasteiger partial charge in [-0.3, -0.25) is 4.79 Å². The Balaban J connectivity index is 1.79. The van der Waals surface area contributed by atoms with E-state index in [1.807, 2.05) is 0 Å². The van der Waals surface area contributed by atoms with E-state index in [0.717, 1.165) is 31.3 Å². The van der Waals surface area contributed by atoms with Crippen LogP contribution >= 0.6 is 0 Å². The minimum Gasteiger partial charge on any atom is -0.481 e. The summed E-state index contributed by atoms with van der Waals surface area (Å²) in [6.07, 6.45) is 7.12. The molecule has 0 aromatic rings. The van der Waals surface area contributed by atoms with E-state index < -0.39 is 18.0 Å². The summed E-state index contributed by atoms with van der Waals surface area (Å²) in [5, 5.41) is 33.1. The minimum atomic E-state index is -0.780. The number of hydrogen-bond acceptors (Lipinski definition) is 3. The molecule has 0 saturated heterocycles. The van der Waals surface area contributed by atoms with Crippen LogP contribution < -0.4 is 0 Å². The van der Waals surface area contributed by atoms with Crippen LogP contribution in [0.25, 0.3) is 0 Å². The molecule has 1 unspecified atom stereocenters. The van der Waals surface area contributed by atoms with E-state index in [1.54, 1.807) is 0 Å². The Morgan fingerprint density at radius 2 is 1.76 bits per heavy atom. The van der Waals surface area contributed by atoms with Gasteiger partial charge in [-0.25, -0.2) is 0 Å². The molecule has 4 nitrogen and oxygen atoms in total. The highest BCUT2D eigenvalue weighted by atomic mass is 16.4. The highest BCUT2D eigenvalue weighted by Crippen LogP contribution is 2.78. The van der Waals surface area contributed by atoms with Gasteiger partial charge < -0.3 is 15.3 Å². The predicted molar refractivity (Wildman–Crippen MR) is 150 cm³/mol. The van der Waals surface area contributed by atoms with Crippen molar-refractivity contribution in [2.75, 3.05) is 0 Å². The maximum absolute atomic E-state index is 12.7. The largest absolute Gasteiger partial charge is 0.481 e. The van der Waals surface area contributed by atoms with Crippen molar-refractivity contribution in [1.82, 2.24) is 0 Å². The van der Waals surface area contributed by atoms with Gasteiger partial charge >= 0.3 is 5.97 Å². The second-order valence-corrected chi connectivity index (χ2v) is 15.4. The van der Waals surface area contributed by atoms with Crippen molar-refractivity contribution >= 4 is 5.97 Å². The number of fused-ring (bicyclic) bond motifs is 5. The molecule has 4 aliphatic rings. The quantitative estimate of drug-likeness (QED) is 0.326. The van der Waals surface area contributed by atoms with Crippen molar-refractivity contribution in [3.8, 4) is 0 Å². The van der Waals surface area contributed by atoms with Gasteiger partial charge in [-0.15, -0.1) is 0 Å². The summed E-state index contributed by atoms with van der Waals surface area (Å²) in [5.41, 5.74) is 1.82. The van der Waals surface area contributed by atoms with E-state index in [0.29, 0.717) is 37.0 Å². The Morgan fingerprint density at radius 3 is 2.32 bits per heavy atom. The summed E-state index contributed by atoms with van der Waals surface area (Å²) >= 11 is 0. The molecule has 3 N–H and O–H groups in total. The van der Waals surface area contributed by atoms with Crippen molar-refractivity contribution in [2.24, 2.45) is 56.7 Å². The monoisotopic (exact) mass is 514 g/mol. The van der Waals surface area contributed by atoms with Crippen LogP contribution in [0.1, 0.15) is 107 Å². The van der Waals surface area contributed by atoms with E-state index in [-0.39, 0.29) is 39.1 Å². The molecule has 210 valence electrons. The lowest BCUT2D eigenvalue weighted by Crippen LogP contribution is -2.64. The van der Waals surface area contributed by atoms with Gasteiger partial charge in [0.15, 0.2) is 0 Å².